The number of aromatic amines is 2. The topological polar surface area (TPSA) is 83.1 Å². The third kappa shape index (κ3) is 4.53. The molecule has 0 amide bonds. The zero-order valence-electron chi connectivity index (χ0n) is 17.2. The Balaban J connectivity index is 1.68. The minimum atomic E-state index is -4.56. The predicted octanol–water partition coefficient (Wildman–Crippen LogP) is 4.12. The number of aromatic nitrogens is 6. The van der Waals surface area contributed by atoms with E-state index in [1.807, 2.05) is 23.3 Å². The second-order valence-corrected chi connectivity index (χ2v) is 12.0. The lowest BCUT2D eigenvalue weighted by Gasteiger charge is -2.22. The van der Waals surface area contributed by atoms with E-state index in [0.29, 0.717) is 10.6 Å². The molecule has 4 rings (SSSR count). The van der Waals surface area contributed by atoms with E-state index in [1.165, 1.54) is 0 Å². The lowest BCUT2D eigenvalue weighted by molar-refractivity contribution is -0.142. The van der Waals surface area contributed by atoms with E-state index in [9.17, 15) is 26.3 Å². The first-order chi connectivity index (χ1) is 15.4. The highest BCUT2D eigenvalue weighted by molar-refractivity contribution is 6.99. The van der Waals surface area contributed by atoms with Crippen LogP contribution in [0.15, 0.2) is 48.5 Å². The summed E-state index contributed by atoms with van der Waals surface area (Å²) in [5, 5.41) is 12.6. The Labute approximate surface area is 184 Å². The minimum Gasteiger partial charge on any atom is -0.273 e. The number of alkyl halides is 6. The minimum absolute atomic E-state index is 0.0480. The number of halogens is 6. The van der Waals surface area contributed by atoms with Crippen molar-refractivity contribution in [2.24, 2.45) is 0 Å². The van der Waals surface area contributed by atoms with Gasteiger partial charge in [-0.2, -0.15) is 36.5 Å². The molecule has 2 N–H and O–H groups in total. The Bertz CT molecular complexity index is 1190. The van der Waals surface area contributed by atoms with Crippen LogP contribution in [0.4, 0.5) is 26.3 Å². The van der Waals surface area contributed by atoms with Gasteiger partial charge in [-0.05, 0) is 36.4 Å². The summed E-state index contributed by atoms with van der Waals surface area (Å²) in [6.07, 6.45) is -9.11. The lowest BCUT2D eigenvalue weighted by Crippen LogP contribution is -2.55. The molecule has 0 aliphatic rings. The van der Waals surface area contributed by atoms with Gasteiger partial charge >= 0.3 is 12.4 Å². The average Bonchev–Trinajstić information content (AvgIpc) is 3.44. The van der Waals surface area contributed by atoms with Gasteiger partial charge in [0.05, 0.1) is 11.4 Å². The van der Waals surface area contributed by atoms with Crippen molar-refractivity contribution in [3.05, 3.63) is 59.9 Å². The largest absolute Gasteiger partial charge is 0.432 e. The highest BCUT2D eigenvalue weighted by atomic mass is 28.3. The predicted molar refractivity (Wildman–Crippen MR) is 110 cm³/mol. The standard InChI is InChI=1S/C20H16F6N6Si/c1-33(2,17-7-3-5-11(27-17)13-9-15(31-29-13)19(21,22)23)18-8-4-6-12(28-18)14-10-16(32-30-14)20(24,25)26/h3-10H,1-2H3,(H,29,31)(H,30,32). The van der Waals surface area contributed by atoms with Gasteiger partial charge in [0.25, 0.3) is 0 Å². The molecule has 33 heavy (non-hydrogen) atoms. The first kappa shape index (κ1) is 22.7. The summed E-state index contributed by atoms with van der Waals surface area (Å²) in [5.41, 5.74) is -1.34. The third-order valence-electron chi connectivity index (χ3n) is 5.07. The Hall–Kier alpha value is -3.48. The summed E-state index contributed by atoms with van der Waals surface area (Å²) >= 11 is 0. The van der Waals surface area contributed by atoms with Gasteiger partial charge in [0.1, 0.15) is 22.8 Å². The number of nitrogens with zero attached hydrogens (tertiary/aromatic N) is 4. The molecule has 0 aromatic carbocycles. The van der Waals surface area contributed by atoms with E-state index in [2.05, 4.69) is 20.2 Å². The van der Waals surface area contributed by atoms with E-state index in [4.69, 9.17) is 0 Å². The summed E-state index contributed by atoms with van der Waals surface area (Å²) in [6, 6.07) is 11.7. The molecule has 4 aromatic rings. The van der Waals surface area contributed by atoms with Crippen molar-refractivity contribution < 1.29 is 26.3 Å². The van der Waals surface area contributed by atoms with Gasteiger partial charge in [0, 0.05) is 10.6 Å². The van der Waals surface area contributed by atoms with Crippen LogP contribution in [0.3, 0.4) is 0 Å². The number of H-pyrrole nitrogens is 2. The molecule has 172 valence electrons. The zero-order chi connectivity index (χ0) is 24.0. The van der Waals surface area contributed by atoms with Crippen molar-refractivity contribution in [3.63, 3.8) is 0 Å². The fraction of sp³-hybridized carbons (Fsp3) is 0.200. The van der Waals surface area contributed by atoms with Crippen molar-refractivity contribution >= 4 is 18.7 Å². The first-order valence-corrected chi connectivity index (χ1v) is 12.6. The van der Waals surface area contributed by atoms with Gasteiger partial charge in [0.2, 0.25) is 0 Å². The molecule has 0 saturated carbocycles. The summed E-state index contributed by atoms with van der Waals surface area (Å²) in [6.45, 7) is 3.87. The molecule has 0 fully saturated rings. The Morgan fingerprint density at radius 3 is 1.36 bits per heavy atom. The van der Waals surface area contributed by atoms with Crippen LogP contribution in [-0.2, 0) is 12.4 Å². The highest BCUT2D eigenvalue weighted by Crippen LogP contribution is 2.30. The molecular weight excluding hydrogens is 466 g/mol. The van der Waals surface area contributed by atoms with Crippen LogP contribution in [0.25, 0.3) is 22.8 Å². The molecule has 4 heterocycles. The molecule has 0 unspecified atom stereocenters. The number of hydrogen-bond acceptors (Lipinski definition) is 4. The van der Waals surface area contributed by atoms with Gasteiger partial charge in [-0.25, -0.2) is 0 Å². The van der Waals surface area contributed by atoms with Crippen LogP contribution in [0.1, 0.15) is 11.4 Å². The quantitative estimate of drug-likeness (QED) is 0.339. The smallest absolute Gasteiger partial charge is 0.273 e. The van der Waals surface area contributed by atoms with Gasteiger partial charge in [-0.3, -0.25) is 20.2 Å². The van der Waals surface area contributed by atoms with Crippen molar-refractivity contribution in [1.82, 2.24) is 30.4 Å². The van der Waals surface area contributed by atoms with Crippen LogP contribution in [0.5, 0.6) is 0 Å². The maximum atomic E-state index is 12.9. The lowest BCUT2D eigenvalue weighted by atomic mass is 10.2. The fourth-order valence-corrected chi connectivity index (χ4v) is 5.27. The van der Waals surface area contributed by atoms with Gasteiger partial charge in [-0.1, -0.05) is 25.2 Å². The molecule has 0 radical (unpaired) electrons. The second kappa shape index (κ2) is 7.83. The molecule has 0 bridgehead atoms. The summed E-state index contributed by atoms with van der Waals surface area (Å²) < 4.78 is 77.3. The summed E-state index contributed by atoms with van der Waals surface area (Å²) in [4.78, 5) is 9.05. The molecule has 4 aromatic heterocycles. The maximum absolute atomic E-state index is 12.9. The number of pyridine rings is 2. The van der Waals surface area contributed by atoms with Crippen LogP contribution in [-0.4, -0.2) is 38.4 Å². The van der Waals surface area contributed by atoms with Crippen LogP contribution < -0.4 is 10.6 Å². The molecule has 0 spiro atoms. The van der Waals surface area contributed by atoms with Gasteiger partial charge in [0.15, 0.2) is 8.07 Å². The molecule has 0 aliphatic heterocycles. The van der Waals surface area contributed by atoms with E-state index in [0.717, 1.165) is 12.1 Å². The number of nitrogens with one attached hydrogen (secondary N) is 2. The average molecular weight is 482 g/mol. The monoisotopic (exact) mass is 482 g/mol. The van der Waals surface area contributed by atoms with Gasteiger partial charge in [-0.15, -0.1) is 0 Å². The second-order valence-electron chi connectivity index (χ2n) is 7.77. The molecule has 13 heteroatoms. The normalized spacial score (nSPS) is 12.8. The van der Waals surface area contributed by atoms with Crippen molar-refractivity contribution in [3.8, 4) is 22.8 Å². The number of hydrogen-bond donors (Lipinski definition) is 2. The number of rotatable bonds is 4. The molecular formula is C20H16F6N6Si. The van der Waals surface area contributed by atoms with E-state index >= 15 is 0 Å². The van der Waals surface area contributed by atoms with Crippen molar-refractivity contribution in [2.45, 2.75) is 25.4 Å². The molecule has 0 saturated heterocycles. The van der Waals surface area contributed by atoms with E-state index < -0.39 is 31.8 Å². The SMILES string of the molecule is C[Si](C)(c1cccc(-c2cc(C(F)(F)F)[nH]n2)n1)c1cccc(-c2cc(C(F)(F)F)[nH]n2)n1. The van der Waals surface area contributed by atoms with Crippen molar-refractivity contribution in [1.29, 1.82) is 0 Å². The third-order valence-corrected chi connectivity index (χ3v) is 8.19. The fourth-order valence-electron chi connectivity index (χ4n) is 3.18. The maximum Gasteiger partial charge on any atom is 0.432 e. The Morgan fingerprint density at radius 2 is 1.03 bits per heavy atom. The molecule has 0 aliphatic carbocycles. The zero-order valence-corrected chi connectivity index (χ0v) is 18.2. The van der Waals surface area contributed by atoms with Gasteiger partial charge < -0.3 is 0 Å². The first-order valence-electron chi connectivity index (χ1n) is 9.57. The van der Waals surface area contributed by atoms with E-state index in [1.54, 1.807) is 36.4 Å². The van der Waals surface area contributed by atoms with Crippen molar-refractivity contribution in [2.75, 3.05) is 0 Å². The van der Waals surface area contributed by atoms with Crippen LogP contribution in [0, 0.1) is 0 Å². The van der Waals surface area contributed by atoms with Crippen LogP contribution in [0.2, 0.25) is 13.1 Å². The molecule has 0 atom stereocenters. The molecule has 6 nitrogen and oxygen atoms in total. The Kier molecular flexibility index (Phi) is 5.39. The summed E-state index contributed by atoms with van der Waals surface area (Å²) in [7, 11) is -2.59. The highest BCUT2D eigenvalue weighted by Gasteiger charge is 2.35. The van der Waals surface area contributed by atoms with E-state index in [-0.39, 0.29) is 22.8 Å². The van der Waals surface area contributed by atoms with Crippen LogP contribution >= 0.6 is 0 Å². The summed E-state index contributed by atoms with van der Waals surface area (Å²) in [5.74, 6) is 0. The Morgan fingerprint density at radius 1 is 0.636 bits per heavy atom.